The molecule has 0 spiro atoms. The number of aliphatic carboxylic acids is 1. The molecule has 0 aliphatic rings. The first-order valence-electron chi connectivity index (χ1n) is 5.81. The third kappa shape index (κ3) is 3.76. The zero-order valence-electron chi connectivity index (χ0n) is 10.5. The molecule has 18 heavy (non-hydrogen) atoms. The van der Waals surface area contributed by atoms with Gasteiger partial charge >= 0.3 is 5.97 Å². The van der Waals surface area contributed by atoms with Crippen molar-refractivity contribution in [3.63, 3.8) is 0 Å². The predicted molar refractivity (Wildman–Crippen MR) is 67.7 cm³/mol. The van der Waals surface area contributed by atoms with Crippen LogP contribution in [0.1, 0.15) is 20.3 Å². The van der Waals surface area contributed by atoms with Crippen LogP contribution < -0.4 is 10.1 Å². The number of hydrogen-bond donors (Lipinski definition) is 2. The van der Waals surface area contributed by atoms with Crippen LogP contribution in [-0.4, -0.2) is 23.6 Å². The molecule has 0 fully saturated rings. The molecule has 2 N–H and O–H groups in total. The minimum absolute atomic E-state index is 0.490. The number of benzene rings is 1. The minimum atomic E-state index is -1.15. The highest BCUT2D eigenvalue weighted by Crippen LogP contribution is 2.24. The summed E-state index contributed by atoms with van der Waals surface area (Å²) in [6.45, 7) is 3.86. The summed E-state index contributed by atoms with van der Waals surface area (Å²) in [4.78, 5) is 22.3. The number of rotatable bonds is 6. The van der Waals surface area contributed by atoms with Crippen LogP contribution >= 0.6 is 0 Å². The van der Waals surface area contributed by atoms with Gasteiger partial charge in [0.1, 0.15) is 11.7 Å². The Hall–Kier alpha value is -2.04. The SMILES string of the molecule is CCCOc1ccccc1NC(=O)C(C)C(=O)O. The van der Waals surface area contributed by atoms with Crippen LogP contribution in [-0.2, 0) is 9.59 Å². The second-order valence-corrected chi connectivity index (χ2v) is 3.89. The standard InChI is InChI=1S/C13H17NO4/c1-3-8-18-11-7-5-4-6-10(11)14-12(15)9(2)13(16)17/h4-7,9H,3,8H2,1-2H3,(H,14,15)(H,16,17). The van der Waals surface area contributed by atoms with E-state index in [-0.39, 0.29) is 0 Å². The molecule has 1 amide bonds. The fourth-order valence-corrected chi connectivity index (χ4v) is 1.26. The van der Waals surface area contributed by atoms with Crippen molar-refractivity contribution < 1.29 is 19.4 Å². The van der Waals surface area contributed by atoms with Crippen LogP contribution in [0.3, 0.4) is 0 Å². The van der Waals surface area contributed by atoms with Crippen molar-refractivity contribution in [2.45, 2.75) is 20.3 Å². The second-order valence-electron chi connectivity index (χ2n) is 3.89. The van der Waals surface area contributed by atoms with Gasteiger partial charge in [0.05, 0.1) is 12.3 Å². The zero-order chi connectivity index (χ0) is 13.5. The van der Waals surface area contributed by atoms with E-state index in [9.17, 15) is 9.59 Å². The molecule has 0 heterocycles. The van der Waals surface area contributed by atoms with E-state index in [4.69, 9.17) is 9.84 Å². The van der Waals surface area contributed by atoms with Gasteiger partial charge < -0.3 is 15.2 Å². The number of nitrogens with one attached hydrogen (secondary N) is 1. The minimum Gasteiger partial charge on any atom is -0.491 e. The molecule has 0 saturated heterocycles. The quantitative estimate of drug-likeness (QED) is 0.759. The molecule has 0 aliphatic carbocycles. The maximum Gasteiger partial charge on any atom is 0.315 e. The van der Waals surface area contributed by atoms with Gasteiger partial charge in [-0.1, -0.05) is 19.1 Å². The number of ether oxygens (including phenoxy) is 1. The van der Waals surface area contributed by atoms with Gasteiger partial charge in [-0.05, 0) is 25.5 Å². The Kier molecular flexibility index (Phi) is 5.17. The average molecular weight is 251 g/mol. The van der Waals surface area contributed by atoms with Crippen molar-refractivity contribution in [3.05, 3.63) is 24.3 Å². The summed E-state index contributed by atoms with van der Waals surface area (Å²) in [5.41, 5.74) is 0.490. The molecule has 0 radical (unpaired) electrons. The summed E-state index contributed by atoms with van der Waals surface area (Å²) in [7, 11) is 0. The largest absolute Gasteiger partial charge is 0.491 e. The van der Waals surface area contributed by atoms with E-state index in [0.717, 1.165) is 6.42 Å². The molecule has 1 aromatic carbocycles. The Balaban J connectivity index is 2.77. The number of carbonyl (C=O) groups excluding carboxylic acids is 1. The van der Waals surface area contributed by atoms with Crippen molar-refractivity contribution in [3.8, 4) is 5.75 Å². The maximum atomic E-state index is 11.6. The first kappa shape index (κ1) is 14.0. The van der Waals surface area contributed by atoms with Crippen LogP contribution in [0.5, 0.6) is 5.75 Å². The lowest BCUT2D eigenvalue weighted by molar-refractivity contribution is -0.144. The lowest BCUT2D eigenvalue weighted by Gasteiger charge is -2.13. The summed E-state index contributed by atoms with van der Waals surface area (Å²) < 4.78 is 5.47. The zero-order valence-corrected chi connectivity index (χ0v) is 10.5. The molecular weight excluding hydrogens is 234 g/mol. The van der Waals surface area contributed by atoms with Crippen LogP contribution in [0.4, 0.5) is 5.69 Å². The van der Waals surface area contributed by atoms with Crippen molar-refractivity contribution in [2.24, 2.45) is 5.92 Å². The van der Waals surface area contributed by atoms with Crippen molar-refractivity contribution in [1.29, 1.82) is 0 Å². The van der Waals surface area contributed by atoms with Crippen molar-refractivity contribution >= 4 is 17.6 Å². The Morgan fingerprint density at radius 3 is 2.67 bits per heavy atom. The summed E-state index contributed by atoms with van der Waals surface area (Å²) in [6, 6.07) is 6.95. The molecule has 1 aromatic rings. The van der Waals surface area contributed by atoms with Crippen LogP contribution in [0.2, 0.25) is 0 Å². The first-order chi connectivity index (χ1) is 8.56. The number of carboxylic acid groups (broad SMARTS) is 1. The highest BCUT2D eigenvalue weighted by Gasteiger charge is 2.21. The smallest absolute Gasteiger partial charge is 0.315 e. The Bertz CT molecular complexity index is 431. The fraction of sp³-hybridized carbons (Fsp3) is 0.385. The van der Waals surface area contributed by atoms with E-state index in [2.05, 4.69) is 5.32 Å². The molecular formula is C13H17NO4. The van der Waals surface area contributed by atoms with Crippen LogP contribution in [0, 0.1) is 5.92 Å². The lowest BCUT2D eigenvalue weighted by Crippen LogP contribution is -2.27. The fourth-order valence-electron chi connectivity index (χ4n) is 1.26. The Morgan fingerprint density at radius 2 is 2.06 bits per heavy atom. The number of anilines is 1. The molecule has 0 bridgehead atoms. The highest BCUT2D eigenvalue weighted by molar-refractivity contribution is 6.04. The number of amides is 1. The second kappa shape index (κ2) is 6.64. The Morgan fingerprint density at radius 1 is 1.39 bits per heavy atom. The molecule has 1 atom stereocenters. The van der Waals surface area contributed by atoms with Gasteiger partial charge in [-0.25, -0.2) is 0 Å². The first-order valence-corrected chi connectivity index (χ1v) is 5.81. The van der Waals surface area contributed by atoms with Crippen molar-refractivity contribution in [2.75, 3.05) is 11.9 Å². The van der Waals surface area contributed by atoms with E-state index in [0.29, 0.717) is 18.0 Å². The van der Waals surface area contributed by atoms with E-state index in [1.807, 2.05) is 6.92 Å². The average Bonchev–Trinajstić information content (AvgIpc) is 2.36. The topological polar surface area (TPSA) is 75.6 Å². The summed E-state index contributed by atoms with van der Waals surface area (Å²) in [5.74, 6) is -2.26. The molecule has 98 valence electrons. The molecule has 1 unspecified atom stereocenters. The molecule has 1 rings (SSSR count). The monoisotopic (exact) mass is 251 g/mol. The number of carboxylic acids is 1. The number of para-hydroxylation sites is 2. The van der Waals surface area contributed by atoms with Crippen molar-refractivity contribution in [1.82, 2.24) is 0 Å². The van der Waals surface area contributed by atoms with Gasteiger partial charge in [0.2, 0.25) is 5.91 Å². The molecule has 5 heteroatoms. The summed E-state index contributed by atoms with van der Waals surface area (Å²) in [5, 5.41) is 11.3. The third-order valence-corrected chi connectivity index (χ3v) is 2.37. The molecule has 5 nitrogen and oxygen atoms in total. The molecule has 0 aliphatic heterocycles. The molecule has 0 saturated carbocycles. The number of hydrogen-bond acceptors (Lipinski definition) is 3. The number of carbonyl (C=O) groups is 2. The maximum absolute atomic E-state index is 11.6. The van der Waals surface area contributed by atoms with Crippen LogP contribution in [0.15, 0.2) is 24.3 Å². The third-order valence-electron chi connectivity index (χ3n) is 2.37. The van der Waals surface area contributed by atoms with Gasteiger partial charge in [0.25, 0.3) is 0 Å². The van der Waals surface area contributed by atoms with Crippen LogP contribution in [0.25, 0.3) is 0 Å². The van der Waals surface area contributed by atoms with Gasteiger partial charge in [0, 0.05) is 0 Å². The lowest BCUT2D eigenvalue weighted by atomic mass is 10.1. The van der Waals surface area contributed by atoms with Gasteiger partial charge in [0.15, 0.2) is 0 Å². The van der Waals surface area contributed by atoms with E-state index < -0.39 is 17.8 Å². The molecule has 0 aromatic heterocycles. The normalized spacial score (nSPS) is 11.7. The van der Waals surface area contributed by atoms with Gasteiger partial charge in [-0.15, -0.1) is 0 Å². The van der Waals surface area contributed by atoms with Gasteiger partial charge in [-0.3, -0.25) is 9.59 Å². The highest BCUT2D eigenvalue weighted by atomic mass is 16.5. The van der Waals surface area contributed by atoms with Gasteiger partial charge in [-0.2, -0.15) is 0 Å². The summed E-state index contributed by atoms with van der Waals surface area (Å²) >= 11 is 0. The predicted octanol–water partition coefficient (Wildman–Crippen LogP) is 2.13. The summed E-state index contributed by atoms with van der Waals surface area (Å²) in [6.07, 6.45) is 0.855. The van der Waals surface area contributed by atoms with E-state index in [1.54, 1.807) is 24.3 Å². The van der Waals surface area contributed by atoms with E-state index in [1.165, 1.54) is 6.92 Å². The van der Waals surface area contributed by atoms with E-state index >= 15 is 0 Å². The Labute approximate surface area is 106 Å².